The molecule has 2 N–H and O–H groups in total. The Morgan fingerprint density at radius 2 is 2.20 bits per heavy atom. The molecule has 1 aliphatic heterocycles. The minimum atomic E-state index is -0.0612. The van der Waals surface area contributed by atoms with Gasteiger partial charge in [0.05, 0.1) is 12.7 Å². The molecule has 0 bridgehead atoms. The number of hydrogen-bond donors (Lipinski definition) is 2. The van der Waals surface area contributed by atoms with Gasteiger partial charge >= 0.3 is 0 Å². The summed E-state index contributed by atoms with van der Waals surface area (Å²) in [5, 5.41) is 13.2. The Morgan fingerprint density at radius 3 is 2.73 bits per heavy atom. The van der Waals surface area contributed by atoms with Gasteiger partial charge in [0.2, 0.25) is 0 Å². The van der Waals surface area contributed by atoms with E-state index in [0.29, 0.717) is 18.1 Å². The Bertz CT molecular complexity index is 216. The van der Waals surface area contributed by atoms with Gasteiger partial charge in [-0.05, 0) is 31.6 Å². The van der Waals surface area contributed by atoms with Gasteiger partial charge in [-0.3, -0.25) is 0 Å². The molecular formula is C12H23NO2. The molecule has 15 heavy (non-hydrogen) atoms. The zero-order valence-corrected chi connectivity index (χ0v) is 9.83. The quantitative estimate of drug-likeness (QED) is 0.739. The van der Waals surface area contributed by atoms with Crippen molar-refractivity contribution < 1.29 is 9.84 Å². The molecule has 1 saturated heterocycles. The van der Waals surface area contributed by atoms with Crippen molar-refractivity contribution in [1.29, 1.82) is 0 Å². The topological polar surface area (TPSA) is 41.5 Å². The minimum Gasteiger partial charge on any atom is -0.394 e. The van der Waals surface area contributed by atoms with Crippen LogP contribution in [-0.4, -0.2) is 36.0 Å². The summed E-state index contributed by atoms with van der Waals surface area (Å²) in [4.78, 5) is 0. The van der Waals surface area contributed by atoms with Gasteiger partial charge in [-0.2, -0.15) is 0 Å². The second-order valence-corrected chi connectivity index (χ2v) is 5.46. The summed E-state index contributed by atoms with van der Waals surface area (Å²) in [5.74, 6) is 0.539. The molecule has 3 heteroatoms. The monoisotopic (exact) mass is 213 g/mol. The maximum Gasteiger partial charge on any atom is 0.0616 e. The fourth-order valence-electron chi connectivity index (χ4n) is 2.36. The van der Waals surface area contributed by atoms with E-state index in [1.807, 2.05) is 0 Å². The molecule has 0 aromatic heterocycles. The summed E-state index contributed by atoms with van der Waals surface area (Å²) < 4.78 is 5.75. The minimum absolute atomic E-state index is 0.0612. The third-order valence-corrected chi connectivity index (χ3v) is 3.64. The number of ether oxygens (including phenoxy) is 1. The van der Waals surface area contributed by atoms with Crippen LogP contribution in [0.4, 0.5) is 0 Å². The Labute approximate surface area is 92.2 Å². The number of hydrogen-bond acceptors (Lipinski definition) is 3. The molecule has 0 aromatic rings. The lowest BCUT2D eigenvalue weighted by atomic mass is 9.83. The van der Waals surface area contributed by atoms with Crippen molar-refractivity contribution in [2.75, 3.05) is 13.2 Å². The molecule has 1 aliphatic carbocycles. The van der Waals surface area contributed by atoms with Crippen LogP contribution in [0.1, 0.15) is 39.5 Å². The van der Waals surface area contributed by atoms with Crippen molar-refractivity contribution >= 4 is 0 Å². The number of nitrogens with one attached hydrogen (secondary N) is 1. The van der Waals surface area contributed by atoms with Crippen LogP contribution in [-0.2, 0) is 4.74 Å². The molecule has 0 radical (unpaired) electrons. The molecule has 2 fully saturated rings. The van der Waals surface area contributed by atoms with Crippen LogP contribution in [0.2, 0.25) is 0 Å². The molecule has 1 heterocycles. The van der Waals surface area contributed by atoms with Gasteiger partial charge in [0.1, 0.15) is 0 Å². The second-order valence-electron chi connectivity index (χ2n) is 5.46. The predicted octanol–water partition coefficient (Wildman–Crippen LogP) is 1.30. The van der Waals surface area contributed by atoms with E-state index in [1.165, 1.54) is 12.8 Å². The van der Waals surface area contributed by atoms with E-state index in [0.717, 1.165) is 19.4 Å². The van der Waals surface area contributed by atoms with E-state index in [1.54, 1.807) is 0 Å². The second kappa shape index (κ2) is 4.40. The summed E-state index contributed by atoms with van der Waals surface area (Å²) in [6.45, 7) is 5.41. The van der Waals surface area contributed by atoms with E-state index in [-0.39, 0.29) is 12.1 Å². The van der Waals surface area contributed by atoms with Crippen LogP contribution in [0.15, 0.2) is 0 Å². The third kappa shape index (κ3) is 2.71. The zero-order chi connectivity index (χ0) is 10.9. The van der Waals surface area contributed by atoms with Crippen molar-refractivity contribution in [1.82, 2.24) is 5.32 Å². The zero-order valence-electron chi connectivity index (χ0n) is 9.83. The first kappa shape index (κ1) is 11.4. The number of aliphatic hydroxyl groups excluding tert-OH is 1. The molecular weight excluding hydrogens is 190 g/mol. The molecule has 0 spiro atoms. The van der Waals surface area contributed by atoms with Crippen LogP contribution < -0.4 is 5.32 Å². The highest BCUT2D eigenvalue weighted by atomic mass is 16.5. The lowest BCUT2D eigenvalue weighted by Gasteiger charge is -2.42. The van der Waals surface area contributed by atoms with Gasteiger partial charge in [-0.25, -0.2) is 0 Å². The fourth-order valence-corrected chi connectivity index (χ4v) is 2.36. The molecule has 2 unspecified atom stereocenters. The molecule has 0 amide bonds. The lowest BCUT2D eigenvalue weighted by Crippen LogP contribution is -2.56. The lowest BCUT2D eigenvalue weighted by molar-refractivity contribution is -0.0649. The van der Waals surface area contributed by atoms with Gasteiger partial charge < -0.3 is 15.2 Å². The van der Waals surface area contributed by atoms with Crippen molar-refractivity contribution in [3.05, 3.63) is 0 Å². The van der Waals surface area contributed by atoms with E-state index < -0.39 is 0 Å². The van der Waals surface area contributed by atoms with Crippen molar-refractivity contribution in [3.63, 3.8) is 0 Å². The van der Waals surface area contributed by atoms with Gasteiger partial charge in [-0.15, -0.1) is 0 Å². The normalized spacial score (nSPS) is 37.2. The summed E-state index contributed by atoms with van der Waals surface area (Å²) in [6.07, 6.45) is 4.75. The Morgan fingerprint density at radius 1 is 1.47 bits per heavy atom. The summed E-state index contributed by atoms with van der Waals surface area (Å²) in [5.41, 5.74) is -0.0612. The average molecular weight is 213 g/mol. The summed E-state index contributed by atoms with van der Waals surface area (Å²) >= 11 is 0. The van der Waals surface area contributed by atoms with E-state index in [2.05, 4.69) is 19.2 Å². The summed E-state index contributed by atoms with van der Waals surface area (Å²) in [7, 11) is 0. The van der Waals surface area contributed by atoms with Crippen LogP contribution >= 0.6 is 0 Å². The van der Waals surface area contributed by atoms with Crippen molar-refractivity contribution in [2.45, 2.75) is 57.2 Å². The highest BCUT2D eigenvalue weighted by Crippen LogP contribution is 2.32. The van der Waals surface area contributed by atoms with Gasteiger partial charge in [0.15, 0.2) is 0 Å². The molecule has 2 atom stereocenters. The van der Waals surface area contributed by atoms with E-state index >= 15 is 0 Å². The fraction of sp³-hybridized carbons (Fsp3) is 1.00. The van der Waals surface area contributed by atoms with Crippen molar-refractivity contribution in [3.8, 4) is 0 Å². The maximum absolute atomic E-state index is 9.60. The Hall–Kier alpha value is -0.120. The van der Waals surface area contributed by atoms with Crippen LogP contribution in [0.25, 0.3) is 0 Å². The molecule has 2 rings (SSSR count). The molecule has 2 aliphatic rings. The largest absolute Gasteiger partial charge is 0.394 e. The average Bonchev–Trinajstić information content (AvgIpc) is 3.02. The first-order valence-electron chi connectivity index (χ1n) is 6.15. The van der Waals surface area contributed by atoms with E-state index in [9.17, 15) is 5.11 Å². The maximum atomic E-state index is 9.60. The van der Waals surface area contributed by atoms with Gasteiger partial charge in [0, 0.05) is 18.2 Å². The Balaban J connectivity index is 1.96. The smallest absolute Gasteiger partial charge is 0.0616 e. The first-order chi connectivity index (χ1) is 7.15. The van der Waals surface area contributed by atoms with Gasteiger partial charge in [0.25, 0.3) is 0 Å². The standard InChI is InChI=1S/C12H23NO2/c1-9(2)11-7-12(8-14,5-6-15-11)13-10-3-4-10/h9-11,13-14H,3-8H2,1-2H3. The van der Waals surface area contributed by atoms with Crippen LogP contribution in [0, 0.1) is 5.92 Å². The highest BCUT2D eigenvalue weighted by molar-refractivity contribution is 4.98. The van der Waals surface area contributed by atoms with E-state index in [4.69, 9.17) is 4.74 Å². The molecule has 88 valence electrons. The predicted molar refractivity (Wildman–Crippen MR) is 59.8 cm³/mol. The van der Waals surface area contributed by atoms with Gasteiger partial charge in [-0.1, -0.05) is 13.8 Å². The first-order valence-corrected chi connectivity index (χ1v) is 6.15. The van der Waals surface area contributed by atoms with Crippen LogP contribution in [0.3, 0.4) is 0 Å². The van der Waals surface area contributed by atoms with Crippen molar-refractivity contribution in [2.24, 2.45) is 5.92 Å². The molecule has 1 saturated carbocycles. The number of rotatable bonds is 4. The Kier molecular flexibility index (Phi) is 3.33. The summed E-state index contributed by atoms with van der Waals surface area (Å²) in [6, 6.07) is 0.656. The van der Waals surface area contributed by atoms with Crippen LogP contribution in [0.5, 0.6) is 0 Å². The third-order valence-electron chi connectivity index (χ3n) is 3.64. The molecule has 0 aromatic carbocycles. The highest BCUT2D eigenvalue weighted by Gasteiger charge is 2.40. The number of aliphatic hydroxyl groups is 1. The SMILES string of the molecule is CC(C)C1CC(CO)(NC2CC2)CCO1. The molecule has 3 nitrogen and oxygen atoms in total.